The third-order valence-electron chi connectivity index (χ3n) is 4.97. The summed E-state index contributed by atoms with van der Waals surface area (Å²) in [6, 6.07) is 11.2. The summed E-state index contributed by atoms with van der Waals surface area (Å²) in [6.07, 6.45) is 0. The van der Waals surface area contributed by atoms with E-state index >= 15 is 0 Å². The van der Waals surface area contributed by atoms with Gasteiger partial charge in [-0.2, -0.15) is 5.26 Å². The smallest absolute Gasteiger partial charge is 0.258 e. The number of hydrogen-bond donors (Lipinski definition) is 2. The third-order valence-corrected chi connectivity index (χ3v) is 4.97. The molecule has 0 fully saturated rings. The van der Waals surface area contributed by atoms with Gasteiger partial charge in [-0.3, -0.25) is 4.79 Å². The van der Waals surface area contributed by atoms with Crippen LogP contribution in [0.3, 0.4) is 0 Å². The first kappa shape index (κ1) is 19.5. The Morgan fingerprint density at radius 2 is 2.00 bits per heavy atom. The van der Waals surface area contributed by atoms with Crippen LogP contribution in [0, 0.1) is 18.3 Å². The van der Waals surface area contributed by atoms with Crippen molar-refractivity contribution in [2.45, 2.75) is 19.4 Å². The summed E-state index contributed by atoms with van der Waals surface area (Å²) in [5, 5.41) is 9.71. The van der Waals surface area contributed by atoms with Crippen LogP contribution in [0.5, 0.6) is 11.5 Å². The molecule has 7 nitrogen and oxygen atoms in total. The number of fused-ring (bicyclic) bond motifs is 1. The van der Waals surface area contributed by atoms with Crippen molar-refractivity contribution in [2.24, 2.45) is 5.73 Å². The molecule has 28 heavy (non-hydrogen) atoms. The van der Waals surface area contributed by atoms with Crippen LogP contribution in [0.15, 0.2) is 46.6 Å². The highest BCUT2D eigenvalue weighted by Gasteiger charge is 2.34. The van der Waals surface area contributed by atoms with E-state index in [1.807, 2.05) is 39.2 Å². The second-order valence-corrected chi connectivity index (χ2v) is 7.18. The number of benzene rings is 1. The molecule has 0 saturated carbocycles. The SMILES string of the molecule is COc1ccc([C@H]2C(C#N)=C(N)Oc3cc(C)n(CC[NH+](C)C)c(=O)c32)cc1. The Bertz CT molecular complexity index is 1010. The predicted octanol–water partition coefficient (Wildman–Crippen LogP) is 0.528. The highest BCUT2D eigenvalue weighted by Crippen LogP contribution is 2.40. The normalized spacial score (nSPS) is 15.8. The number of aromatic nitrogens is 1. The van der Waals surface area contributed by atoms with Crippen molar-refractivity contribution in [3.05, 3.63) is 69.0 Å². The summed E-state index contributed by atoms with van der Waals surface area (Å²) >= 11 is 0. The molecule has 1 aliphatic heterocycles. The fourth-order valence-electron chi connectivity index (χ4n) is 3.43. The topological polar surface area (TPSA) is 94.7 Å². The lowest BCUT2D eigenvalue weighted by molar-refractivity contribution is -0.858. The third kappa shape index (κ3) is 3.47. The van der Waals surface area contributed by atoms with Gasteiger partial charge in [0.15, 0.2) is 0 Å². The van der Waals surface area contributed by atoms with Crippen LogP contribution in [0.25, 0.3) is 0 Å². The van der Waals surface area contributed by atoms with Crippen molar-refractivity contribution in [2.75, 3.05) is 27.7 Å². The molecule has 0 radical (unpaired) electrons. The van der Waals surface area contributed by atoms with E-state index in [2.05, 4.69) is 6.07 Å². The average molecular weight is 381 g/mol. The summed E-state index contributed by atoms with van der Waals surface area (Å²) in [5.41, 5.74) is 8.13. The molecule has 0 aliphatic carbocycles. The molecule has 1 aromatic heterocycles. The zero-order chi connectivity index (χ0) is 20.4. The van der Waals surface area contributed by atoms with Gasteiger partial charge in [0.1, 0.15) is 23.1 Å². The fourth-order valence-corrected chi connectivity index (χ4v) is 3.43. The zero-order valence-electron chi connectivity index (χ0n) is 16.6. The van der Waals surface area contributed by atoms with Crippen molar-refractivity contribution in [3.8, 4) is 17.6 Å². The Hall–Kier alpha value is -3.24. The maximum atomic E-state index is 13.4. The fraction of sp³-hybridized carbons (Fsp3) is 0.333. The highest BCUT2D eigenvalue weighted by atomic mass is 16.5. The minimum atomic E-state index is -0.578. The molecule has 1 aliphatic rings. The van der Waals surface area contributed by atoms with Gasteiger partial charge in [-0.05, 0) is 24.6 Å². The molecule has 0 spiro atoms. The van der Waals surface area contributed by atoms with Crippen LogP contribution in [-0.2, 0) is 6.54 Å². The molecule has 0 unspecified atom stereocenters. The van der Waals surface area contributed by atoms with Gasteiger partial charge in [-0.25, -0.2) is 0 Å². The van der Waals surface area contributed by atoms with Crippen molar-refractivity contribution < 1.29 is 14.4 Å². The summed E-state index contributed by atoms with van der Waals surface area (Å²) < 4.78 is 12.6. The van der Waals surface area contributed by atoms with Gasteiger partial charge in [0.2, 0.25) is 5.88 Å². The number of likely N-dealkylation sites (N-methyl/N-ethyl adjacent to an activating group) is 1. The van der Waals surface area contributed by atoms with E-state index in [-0.39, 0.29) is 17.0 Å². The Balaban J connectivity index is 2.20. The Labute approximate surface area is 164 Å². The number of nitrogens with zero attached hydrogens (tertiary/aromatic N) is 2. The molecular weight excluding hydrogens is 356 g/mol. The van der Waals surface area contributed by atoms with E-state index in [0.29, 0.717) is 23.6 Å². The number of nitrogens with one attached hydrogen (secondary N) is 1. The molecule has 7 heteroatoms. The van der Waals surface area contributed by atoms with Gasteiger partial charge < -0.3 is 24.7 Å². The predicted molar refractivity (Wildman–Crippen MR) is 105 cm³/mol. The lowest BCUT2D eigenvalue weighted by Crippen LogP contribution is -3.06. The number of ether oxygens (including phenoxy) is 2. The standard InChI is InChI=1S/C21H24N4O3/c1-13-11-17-19(21(26)25(13)10-9-24(2)3)18(16(12-22)20(23)28-17)14-5-7-15(27-4)8-6-14/h5-8,11,18H,9-10,23H2,1-4H3/p+1/t18-/m0/s1. The van der Waals surface area contributed by atoms with Crippen LogP contribution in [0.4, 0.5) is 0 Å². The van der Waals surface area contributed by atoms with Crippen LogP contribution < -0.4 is 25.7 Å². The van der Waals surface area contributed by atoms with Crippen LogP contribution in [0.2, 0.25) is 0 Å². The zero-order valence-corrected chi connectivity index (χ0v) is 16.6. The summed E-state index contributed by atoms with van der Waals surface area (Å²) in [7, 11) is 5.67. The maximum absolute atomic E-state index is 13.4. The first-order valence-corrected chi connectivity index (χ1v) is 9.12. The number of nitriles is 1. The van der Waals surface area contributed by atoms with E-state index < -0.39 is 5.92 Å². The Morgan fingerprint density at radius 1 is 1.32 bits per heavy atom. The first-order valence-electron chi connectivity index (χ1n) is 9.12. The Morgan fingerprint density at radius 3 is 2.57 bits per heavy atom. The number of allylic oxidation sites excluding steroid dienone is 1. The van der Waals surface area contributed by atoms with Crippen molar-refractivity contribution in [1.29, 1.82) is 5.26 Å². The van der Waals surface area contributed by atoms with Gasteiger partial charge in [-0.1, -0.05) is 12.1 Å². The van der Waals surface area contributed by atoms with Crippen LogP contribution >= 0.6 is 0 Å². The number of nitrogens with two attached hydrogens (primary N) is 1. The summed E-state index contributed by atoms with van der Waals surface area (Å²) in [5.74, 6) is 0.561. The van der Waals surface area contributed by atoms with Gasteiger partial charge in [0, 0.05) is 11.8 Å². The molecular formula is C21H25N4O3+. The average Bonchev–Trinajstić information content (AvgIpc) is 2.66. The van der Waals surface area contributed by atoms with Crippen LogP contribution in [0.1, 0.15) is 22.7 Å². The first-order chi connectivity index (χ1) is 13.4. The molecule has 1 atom stereocenters. The molecule has 3 N–H and O–H groups in total. The number of quaternary nitrogens is 1. The summed E-state index contributed by atoms with van der Waals surface area (Å²) in [6.45, 7) is 3.26. The lowest BCUT2D eigenvalue weighted by atomic mass is 9.84. The largest absolute Gasteiger partial charge is 0.497 e. The minimum absolute atomic E-state index is 0.0325. The molecule has 2 aromatic rings. The van der Waals surface area contributed by atoms with Crippen molar-refractivity contribution in [3.63, 3.8) is 0 Å². The second-order valence-electron chi connectivity index (χ2n) is 7.18. The summed E-state index contributed by atoms with van der Waals surface area (Å²) in [4.78, 5) is 14.6. The number of pyridine rings is 1. The second kappa shape index (κ2) is 7.79. The van der Waals surface area contributed by atoms with Gasteiger partial charge in [-0.15, -0.1) is 0 Å². The molecule has 3 rings (SSSR count). The molecule has 0 amide bonds. The van der Waals surface area contributed by atoms with E-state index in [4.69, 9.17) is 15.2 Å². The van der Waals surface area contributed by atoms with E-state index in [1.165, 1.54) is 4.90 Å². The number of aryl methyl sites for hydroxylation is 1. The van der Waals surface area contributed by atoms with Crippen molar-refractivity contribution >= 4 is 0 Å². The number of methoxy groups -OCH3 is 1. The number of rotatable bonds is 5. The van der Waals surface area contributed by atoms with Crippen LogP contribution in [-0.4, -0.2) is 32.3 Å². The van der Waals surface area contributed by atoms with Gasteiger partial charge in [0.05, 0.1) is 45.8 Å². The molecule has 2 heterocycles. The van der Waals surface area contributed by atoms with E-state index in [9.17, 15) is 10.1 Å². The van der Waals surface area contributed by atoms with E-state index in [0.717, 1.165) is 17.8 Å². The monoisotopic (exact) mass is 381 g/mol. The van der Waals surface area contributed by atoms with Crippen molar-refractivity contribution in [1.82, 2.24) is 4.57 Å². The quantitative estimate of drug-likeness (QED) is 0.788. The van der Waals surface area contributed by atoms with Gasteiger partial charge in [0.25, 0.3) is 5.56 Å². The molecule has 1 aromatic carbocycles. The maximum Gasteiger partial charge on any atom is 0.258 e. The number of hydrogen-bond acceptors (Lipinski definition) is 5. The molecule has 146 valence electrons. The molecule has 0 saturated heterocycles. The lowest BCUT2D eigenvalue weighted by Gasteiger charge is -2.27. The Kier molecular flexibility index (Phi) is 5.43. The van der Waals surface area contributed by atoms with E-state index in [1.54, 1.807) is 23.8 Å². The van der Waals surface area contributed by atoms with Gasteiger partial charge >= 0.3 is 0 Å². The minimum Gasteiger partial charge on any atom is -0.497 e. The molecule has 0 bridgehead atoms. The highest BCUT2D eigenvalue weighted by molar-refractivity contribution is 5.55.